The Morgan fingerprint density at radius 1 is 1.56 bits per heavy atom. The van der Waals surface area contributed by atoms with Crippen molar-refractivity contribution in [2.24, 2.45) is 5.92 Å². The summed E-state index contributed by atoms with van der Waals surface area (Å²) < 4.78 is 0.921. The van der Waals surface area contributed by atoms with Crippen molar-refractivity contribution in [1.82, 2.24) is 9.88 Å². The zero-order valence-corrected chi connectivity index (χ0v) is 11.0. The van der Waals surface area contributed by atoms with Gasteiger partial charge >= 0.3 is 0 Å². The molecule has 6 heteroatoms. The van der Waals surface area contributed by atoms with Crippen LogP contribution in [0.5, 0.6) is 0 Å². The number of nitrogens with zero attached hydrogens (tertiary/aromatic N) is 2. The fraction of sp³-hybridized carbons (Fsp3) is 0.333. The molecule has 0 atom stereocenters. The van der Waals surface area contributed by atoms with E-state index >= 15 is 0 Å². The molecule has 0 saturated carbocycles. The van der Waals surface area contributed by atoms with Crippen molar-refractivity contribution in [3.8, 4) is 0 Å². The molecular formula is C12H11ClN2O2S. The maximum absolute atomic E-state index is 12.2. The van der Waals surface area contributed by atoms with Crippen molar-refractivity contribution in [1.29, 1.82) is 0 Å². The standard InChI is InChI=1S/C12H11ClN2O2S/c13-9-2-14-3-11-8(9)1-10(18-11)12(17)15-4-7(5-15)6-16/h1-3,7,16H,4-6H2. The number of hydrogen-bond donors (Lipinski definition) is 1. The summed E-state index contributed by atoms with van der Waals surface area (Å²) in [6.07, 6.45) is 3.30. The van der Waals surface area contributed by atoms with Gasteiger partial charge in [-0.3, -0.25) is 9.78 Å². The Morgan fingerprint density at radius 2 is 2.33 bits per heavy atom. The topological polar surface area (TPSA) is 53.4 Å². The highest BCUT2D eigenvalue weighted by molar-refractivity contribution is 7.20. The molecule has 0 unspecified atom stereocenters. The molecule has 1 N–H and O–H groups in total. The SMILES string of the molecule is O=C(c1cc2c(Cl)cncc2s1)N1CC(CO)C1. The summed E-state index contributed by atoms with van der Waals surface area (Å²) in [6.45, 7) is 1.41. The van der Waals surface area contributed by atoms with Gasteiger partial charge in [0.25, 0.3) is 5.91 Å². The van der Waals surface area contributed by atoms with E-state index < -0.39 is 0 Å². The second-order valence-electron chi connectivity index (χ2n) is 4.40. The van der Waals surface area contributed by atoms with Crippen molar-refractivity contribution >= 4 is 38.9 Å². The van der Waals surface area contributed by atoms with Gasteiger partial charge in [-0.25, -0.2) is 0 Å². The van der Waals surface area contributed by atoms with Gasteiger partial charge in [0.05, 0.1) is 14.6 Å². The molecule has 2 aromatic heterocycles. The van der Waals surface area contributed by atoms with Crippen LogP contribution < -0.4 is 0 Å². The zero-order valence-electron chi connectivity index (χ0n) is 9.47. The molecule has 18 heavy (non-hydrogen) atoms. The number of aromatic nitrogens is 1. The number of aliphatic hydroxyl groups is 1. The first kappa shape index (κ1) is 11.9. The van der Waals surface area contributed by atoms with Gasteiger partial charge in [-0.15, -0.1) is 11.3 Å². The number of hydrogen-bond acceptors (Lipinski definition) is 4. The lowest BCUT2D eigenvalue weighted by molar-refractivity contribution is 0.0366. The third-order valence-corrected chi connectivity index (χ3v) is 4.47. The molecule has 1 aliphatic heterocycles. The average molecular weight is 283 g/mol. The van der Waals surface area contributed by atoms with Crippen LogP contribution in [0.4, 0.5) is 0 Å². The molecule has 2 aromatic rings. The van der Waals surface area contributed by atoms with Gasteiger partial charge in [0.1, 0.15) is 0 Å². The molecule has 1 fully saturated rings. The van der Waals surface area contributed by atoms with Crippen molar-refractivity contribution in [3.63, 3.8) is 0 Å². The molecule has 0 aromatic carbocycles. The second-order valence-corrected chi connectivity index (χ2v) is 5.89. The Hall–Kier alpha value is -1.17. The first-order valence-corrected chi connectivity index (χ1v) is 6.81. The molecule has 3 rings (SSSR count). The van der Waals surface area contributed by atoms with Crippen LogP contribution in [0, 0.1) is 5.92 Å². The van der Waals surface area contributed by atoms with E-state index in [0.29, 0.717) is 23.0 Å². The summed E-state index contributed by atoms with van der Waals surface area (Å²) in [7, 11) is 0. The van der Waals surface area contributed by atoms with E-state index in [1.807, 2.05) is 6.07 Å². The monoisotopic (exact) mass is 282 g/mol. The van der Waals surface area contributed by atoms with Gasteiger partial charge in [-0.05, 0) is 6.07 Å². The van der Waals surface area contributed by atoms with Crippen molar-refractivity contribution in [2.45, 2.75) is 0 Å². The largest absolute Gasteiger partial charge is 0.396 e. The lowest BCUT2D eigenvalue weighted by Crippen LogP contribution is -2.51. The summed E-state index contributed by atoms with van der Waals surface area (Å²) in [5, 5.41) is 10.4. The quantitative estimate of drug-likeness (QED) is 0.917. The molecule has 3 heterocycles. The highest BCUT2D eigenvalue weighted by atomic mass is 35.5. The van der Waals surface area contributed by atoms with Crippen LogP contribution in [-0.4, -0.2) is 40.6 Å². The van der Waals surface area contributed by atoms with E-state index in [-0.39, 0.29) is 18.4 Å². The molecule has 0 spiro atoms. The van der Waals surface area contributed by atoms with Crippen LogP contribution in [0.1, 0.15) is 9.67 Å². The maximum atomic E-state index is 12.2. The first-order valence-electron chi connectivity index (χ1n) is 5.62. The average Bonchev–Trinajstić information content (AvgIpc) is 2.73. The van der Waals surface area contributed by atoms with Gasteiger partial charge in [0.2, 0.25) is 0 Å². The number of amides is 1. The molecule has 0 radical (unpaired) electrons. The highest BCUT2D eigenvalue weighted by Gasteiger charge is 2.31. The van der Waals surface area contributed by atoms with Crippen molar-refractivity contribution in [3.05, 3.63) is 28.4 Å². The normalized spacial score (nSPS) is 16.0. The number of carbonyl (C=O) groups is 1. The number of thiophene rings is 1. The molecule has 0 aliphatic carbocycles. The van der Waals surface area contributed by atoms with Gasteiger partial charge in [0.15, 0.2) is 0 Å². The number of fused-ring (bicyclic) bond motifs is 1. The molecule has 1 aliphatic rings. The van der Waals surface area contributed by atoms with Gasteiger partial charge < -0.3 is 10.0 Å². The number of pyridine rings is 1. The Balaban J connectivity index is 1.87. The second kappa shape index (κ2) is 4.50. The molecule has 0 bridgehead atoms. The smallest absolute Gasteiger partial charge is 0.263 e. The van der Waals surface area contributed by atoms with E-state index in [9.17, 15) is 4.79 Å². The number of rotatable bonds is 2. The van der Waals surface area contributed by atoms with Gasteiger partial charge in [0, 0.05) is 43.4 Å². The highest BCUT2D eigenvalue weighted by Crippen LogP contribution is 2.31. The fourth-order valence-corrected chi connectivity index (χ4v) is 3.33. The van der Waals surface area contributed by atoms with E-state index in [1.54, 1.807) is 17.3 Å². The minimum absolute atomic E-state index is 0.0111. The van der Waals surface area contributed by atoms with E-state index in [1.165, 1.54) is 11.3 Å². The number of likely N-dealkylation sites (tertiary alicyclic amines) is 1. The molecule has 94 valence electrons. The minimum atomic E-state index is 0.0111. The summed E-state index contributed by atoms with van der Waals surface area (Å²) in [5.74, 6) is 0.241. The molecular weight excluding hydrogens is 272 g/mol. The Bertz CT molecular complexity index is 607. The van der Waals surface area contributed by atoms with Crippen molar-refractivity contribution < 1.29 is 9.90 Å². The van der Waals surface area contributed by atoms with E-state index in [4.69, 9.17) is 16.7 Å². The summed E-state index contributed by atoms with van der Waals surface area (Å²) >= 11 is 7.44. The lowest BCUT2D eigenvalue weighted by atomic mass is 10.0. The van der Waals surface area contributed by atoms with Crippen LogP contribution in [0.2, 0.25) is 5.02 Å². The Labute approximate surface area is 113 Å². The predicted octanol–water partition coefficient (Wildman–Crippen LogP) is 2.01. The maximum Gasteiger partial charge on any atom is 0.263 e. The van der Waals surface area contributed by atoms with Crippen LogP contribution in [-0.2, 0) is 0 Å². The van der Waals surface area contributed by atoms with Crippen LogP contribution in [0.25, 0.3) is 10.1 Å². The van der Waals surface area contributed by atoms with E-state index in [0.717, 1.165) is 10.1 Å². The zero-order chi connectivity index (χ0) is 12.7. The fourth-order valence-electron chi connectivity index (χ4n) is 2.04. The molecule has 4 nitrogen and oxygen atoms in total. The molecule has 1 saturated heterocycles. The Morgan fingerprint density at radius 3 is 3.00 bits per heavy atom. The summed E-state index contributed by atoms with van der Waals surface area (Å²) in [6, 6.07) is 1.82. The third-order valence-electron chi connectivity index (χ3n) is 3.11. The van der Waals surface area contributed by atoms with Gasteiger partial charge in [-0.1, -0.05) is 11.6 Å². The minimum Gasteiger partial charge on any atom is -0.396 e. The number of aliphatic hydroxyl groups excluding tert-OH is 1. The van der Waals surface area contributed by atoms with Crippen LogP contribution in [0.3, 0.4) is 0 Å². The molecule has 1 amide bonds. The van der Waals surface area contributed by atoms with Crippen LogP contribution in [0.15, 0.2) is 18.5 Å². The lowest BCUT2D eigenvalue weighted by Gasteiger charge is -2.37. The predicted molar refractivity (Wildman–Crippen MR) is 71.1 cm³/mol. The first-order chi connectivity index (χ1) is 8.69. The van der Waals surface area contributed by atoms with Crippen molar-refractivity contribution in [2.75, 3.05) is 19.7 Å². The number of carbonyl (C=O) groups excluding carboxylic acids is 1. The van der Waals surface area contributed by atoms with Gasteiger partial charge in [-0.2, -0.15) is 0 Å². The summed E-state index contributed by atoms with van der Waals surface area (Å²) in [5.41, 5.74) is 0. The number of halogens is 1. The Kier molecular flexibility index (Phi) is 2.97. The van der Waals surface area contributed by atoms with Crippen LogP contribution >= 0.6 is 22.9 Å². The summed E-state index contributed by atoms with van der Waals surface area (Å²) in [4.78, 5) is 18.6. The third kappa shape index (κ3) is 1.88. The van der Waals surface area contributed by atoms with E-state index in [2.05, 4.69) is 4.98 Å².